The van der Waals surface area contributed by atoms with Gasteiger partial charge in [0.15, 0.2) is 15.0 Å². The number of halogens is 5. The minimum absolute atomic E-state index is 0.00259. The molecule has 0 saturated heterocycles. The van der Waals surface area contributed by atoms with Crippen molar-refractivity contribution in [2.45, 2.75) is 55.3 Å². The Morgan fingerprint density at radius 1 is 1.19 bits per heavy atom. The van der Waals surface area contributed by atoms with Crippen LogP contribution in [0.1, 0.15) is 43.9 Å². The third-order valence-corrected chi connectivity index (χ3v) is 9.44. The maximum Gasteiger partial charge on any atom is 0.433 e. The Hall–Kier alpha value is -2.79. The van der Waals surface area contributed by atoms with Crippen molar-refractivity contribution in [1.29, 1.82) is 0 Å². The Bertz CT molecular complexity index is 1370. The number of hydrogen-bond acceptors (Lipinski definition) is 5. The highest BCUT2D eigenvalue weighted by molar-refractivity contribution is 7.92. The first-order chi connectivity index (χ1) is 16.8. The number of alkyl halides is 3. The summed E-state index contributed by atoms with van der Waals surface area (Å²) in [6.07, 6.45) is -0.581. The first-order valence-electron chi connectivity index (χ1n) is 11.1. The SMILES string of the molecule is CC1(C(=O)CCc2cn(-c3ccc(C(F)(F)F)nc3)nc2Cl)CCCC1S(=O)(=O)c1ccc(F)cc1. The van der Waals surface area contributed by atoms with E-state index in [0.717, 1.165) is 24.4 Å². The predicted molar refractivity (Wildman–Crippen MR) is 124 cm³/mol. The van der Waals surface area contributed by atoms with Crippen LogP contribution < -0.4 is 0 Å². The van der Waals surface area contributed by atoms with E-state index in [9.17, 15) is 30.8 Å². The lowest BCUT2D eigenvalue weighted by Gasteiger charge is -2.30. The van der Waals surface area contributed by atoms with E-state index in [2.05, 4.69) is 10.1 Å². The normalized spacial score (nSPS) is 20.6. The molecule has 0 N–H and O–H groups in total. The molecule has 2 unspecified atom stereocenters. The lowest BCUT2D eigenvalue weighted by atomic mass is 9.81. The second-order valence-corrected chi connectivity index (χ2v) is 11.5. The second-order valence-electron chi connectivity index (χ2n) is 9.01. The summed E-state index contributed by atoms with van der Waals surface area (Å²) in [6.45, 7) is 1.65. The third kappa shape index (κ3) is 5.04. The molecule has 6 nitrogen and oxygen atoms in total. The predicted octanol–water partition coefficient (Wildman–Crippen LogP) is 5.61. The molecule has 0 radical (unpaired) electrons. The molecule has 0 bridgehead atoms. The van der Waals surface area contributed by atoms with Gasteiger partial charge in [0.2, 0.25) is 0 Å². The fourth-order valence-corrected chi connectivity index (χ4v) is 7.13. The van der Waals surface area contributed by atoms with E-state index >= 15 is 0 Å². The Labute approximate surface area is 210 Å². The van der Waals surface area contributed by atoms with Gasteiger partial charge in [-0.15, -0.1) is 0 Å². The molecule has 1 fully saturated rings. The van der Waals surface area contributed by atoms with Crippen LogP contribution in [0.2, 0.25) is 5.15 Å². The summed E-state index contributed by atoms with van der Waals surface area (Å²) in [5.41, 5.74) is -1.40. The van der Waals surface area contributed by atoms with Crippen molar-refractivity contribution in [2.75, 3.05) is 0 Å². The molecule has 2 aromatic heterocycles. The number of hydrogen-bond donors (Lipinski definition) is 0. The second kappa shape index (κ2) is 9.59. The van der Waals surface area contributed by atoms with E-state index in [1.165, 1.54) is 29.1 Å². The van der Waals surface area contributed by atoms with Crippen molar-refractivity contribution in [3.8, 4) is 5.69 Å². The van der Waals surface area contributed by atoms with Crippen molar-refractivity contribution in [3.63, 3.8) is 0 Å². The van der Waals surface area contributed by atoms with E-state index in [1.807, 2.05) is 0 Å². The van der Waals surface area contributed by atoms with Crippen LogP contribution in [0.25, 0.3) is 5.69 Å². The minimum Gasteiger partial charge on any atom is -0.299 e. The lowest BCUT2D eigenvalue weighted by molar-refractivity contribution is -0.141. The van der Waals surface area contributed by atoms with Crippen LogP contribution in [0.3, 0.4) is 0 Å². The number of nitrogens with zero attached hydrogens (tertiary/aromatic N) is 3. The van der Waals surface area contributed by atoms with Gasteiger partial charge in [-0.3, -0.25) is 4.79 Å². The topological polar surface area (TPSA) is 81.9 Å². The van der Waals surface area contributed by atoms with Gasteiger partial charge < -0.3 is 0 Å². The molecule has 12 heteroatoms. The maximum absolute atomic E-state index is 13.3. The molecule has 2 heterocycles. The Morgan fingerprint density at radius 2 is 1.89 bits per heavy atom. The summed E-state index contributed by atoms with van der Waals surface area (Å²) in [6, 6.07) is 6.60. The summed E-state index contributed by atoms with van der Waals surface area (Å²) >= 11 is 6.20. The van der Waals surface area contributed by atoms with Crippen molar-refractivity contribution >= 4 is 27.2 Å². The molecule has 1 aromatic carbocycles. The average Bonchev–Trinajstić information content (AvgIpc) is 3.41. The number of sulfone groups is 1. The lowest BCUT2D eigenvalue weighted by Crippen LogP contribution is -2.40. The van der Waals surface area contributed by atoms with Gasteiger partial charge in [-0.1, -0.05) is 24.9 Å². The summed E-state index contributed by atoms with van der Waals surface area (Å²) in [4.78, 5) is 16.7. The number of ketones is 1. The quantitative estimate of drug-likeness (QED) is 0.286. The zero-order chi connectivity index (χ0) is 26.3. The van der Waals surface area contributed by atoms with E-state index in [0.29, 0.717) is 24.8 Å². The monoisotopic (exact) mass is 543 g/mol. The van der Waals surface area contributed by atoms with Crippen LogP contribution in [0, 0.1) is 11.2 Å². The smallest absolute Gasteiger partial charge is 0.299 e. The molecule has 4 rings (SSSR count). The van der Waals surface area contributed by atoms with Crippen LogP contribution in [0.15, 0.2) is 53.7 Å². The van der Waals surface area contributed by atoms with Gasteiger partial charge in [0.25, 0.3) is 0 Å². The van der Waals surface area contributed by atoms with E-state index < -0.39 is 38.2 Å². The molecule has 0 spiro atoms. The van der Waals surface area contributed by atoms with E-state index in [-0.39, 0.29) is 34.4 Å². The standard InChI is InChI=1S/C24H22ClF4N3O3S/c1-23(12-2-3-21(23)36(34,35)18-8-5-16(26)6-9-18)20(33)11-4-15-14-32(31-22(15)25)17-7-10-19(30-13-17)24(27,28)29/h5-10,13-14,21H,2-4,11-12H2,1H3. The molecule has 0 amide bonds. The molecule has 2 atom stereocenters. The van der Waals surface area contributed by atoms with Gasteiger partial charge in [0.1, 0.15) is 17.3 Å². The van der Waals surface area contributed by atoms with Crippen LogP contribution in [0.4, 0.5) is 17.6 Å². The zero-order valence-corrected chi connectivity index (χ0v) is 20.7. The summed E-state index contributed by atoms with van der Waals surface area (Å²) in [7, 11) is -3.86. The van der Waals surface area contributed by atoms with Gasteiger partial charge in [-0.05, 0) is 55.7 Å². The number of carbonyl (C=O) groups is 1. The first kappa shape index (κ1) is 26.3. The van der Waals surface area contributed by atoms with E-state index in [1.54, 1.807) is 6.92 Å². The van der Waals surface area contributed by atoms with Crippen LogP contribution in [0.5, 0.6) is 0 Å². The Kier molecular flexibility index (Phi) is 7.00. The van der Waals surface area contributed by atoms with Gasteiger partial charge in [-0.25, -0.2) is 22.5 Å². The van der Waals surface area contributed by atoms with Gasteiger partial charge in [0, 0.05) is 23.6 Å². The van der Waals surface area contributed by atoms with Gasteiger partial charge in [-0.2, -0.15) is 18.3 Å². The van der Waals surface area contributed by atoms with Crippen molar-refractivity contribution < 1.29 is 30.8 Å². The molecule has 1 aliphatic rings. The van der Waals surface area contributed by atoms with Crippen LogP contribution in [-0.4, -0.2) is 34.2 Å². The van der Waals surface area contributed by atoms with Crippen molar-refractivity contribution in [2.24, 2.45) is 5.41 Å². The zero-order valence-electron chi connectivity index (χ0n) is 19.1. The molecule has 36 heavy (non-hydrogen) atoms. The number of pyridine rings is 1. The number of rotatable bonds is 7. The van der Waals surface area contributed by atoms with Gasteiger partial charge in [0.05, 0.1) is 22.0 Å². The minimum atomic E-state index is -4.57. The Balaban J connectivity index is 1.49. The molecule has 3 aromatic rings. The third-order valence-electron chi connectivity index (χ3n) is 6.69. The molecule has 192 valence electrons. The highest BCUT2D eigenvalue weighted by Crippen LogP contribution is 2.45. The number of Topliss-reactive ketones (excluding diaryl/α,β-unsaturated/α-hetero) is 1. The fourth-order valence-electron chi connectivity index (χ4n) is 4.65. The molecular weight excluding hydrogens is 522 g/mol. The van der Waals surface area contributed by atoms with E-state index in [4.69, 9.17) is 11.6 Å². The number of aromatic nitrogens is 3. The molecule has 0 aliphatic heterocycles. The van der Waals surface area contributed by atoms with Gasteiger partial charge >= 0.3 is 6.18 Å². The summed E-state index contributed by atoms with van der Waals surface area (Å²) in [5.74, 6) is -0.792. The largest absolute Gasteiger partial charge is 0.433 e. The van der Waals surface area contributed by atoms with Crippen LogP contribution in [-0.2, 0) is 27.2 Å². The highest BCUT2D eigenvalue weighted by atomic mass is 35.5. The fraction of sp³-hybridized carbons (Fsp3) is 0.375. The highest BCUT2D eigenvalue weighted by Gasteiger charge is 2.50. The number of aryl methyl sites for hydroxylation is 1. The van der Waals surface area contributed by atoms with Crippen molar-refractivity contribution in [3.05, 3.63) is 71.0 Å². The summed E-state index contributed by atoms with van der Waals surface area (Å²) < 4.78 is 79.3. The molecule has 1 saturated carbocycles. The molecule has 1 aliphatic carbocycles. The average molecular weight is 544 g/mol. The maximum atomic E-state index is 13.3. The number of benzene rings is 1. The number of carbonyl (C=O) groups excluding carboxylic acids is 1. The molecular formula is C24H22ClF4N3O3S. The first-order valence-corrected chi connectivity index (χ1v) is 13.1. The summed E-state index contributed by atoms with van der Waals surface area (Å²) in [5, 5.41) is 3.24. The van der Waals surface area contributed by atoms with Crippen LogP contribution >= 0.6 is 11.6 Å². The Morgan fingerprint density at radius 3 is 2.50 bits per heavy atom. The van der Waals surface area contributed by atoms with Crippen molar-refractivity contribution in [1.82, 2.24) is 14.8 Å².